The van der Waals surface area contributed by atoms with Gasteiger partial charge in [0.05, 0.1) is 11.5 Å². The van der Waals surface area contributed by atoms with Gasteiger partial charge >= 0.3 is 6.18 Å². The summed E-state index contributed by atoms with van der Waals surface area (Å²) in [5.41, 5.74) is 0.0480. The number of sulfonamides is 1. The molecule has 1 amide bonds. The predicted molar refractivity (Wildman–Crippen MR) is 70.4 cm³/mol. The first-order chi connectivity index (χ1) is 9.59. The molecule has 1 aliphatic rings. The number of rotatable bonds is 2. The van der Waals surface area contributed by atoms with Crippen molar-refractivity contribution in [3.8, 4) is 0 Å². The van der Waals surface area contributed by atoms with Gasteiger partial charge in [-0.1, -0.05) is 0 Å². The first kappa shape index (κ1) is 16.2. The van der Waals surface area contributed by atoms with Crippen LogP contribution in [0.25, 0.3) is 0 Å². The number of halogens is 3. The minimum atomic E-state index is -4.33. The first-order valence-corrected chi connectivity index (χ1v) is 8.49. The highest BCUT2D eigenvalue weighted by Gasteiger charge is 2.42. The largest absolute Gasteiger partial charge is 0.393 e. The van der Waals surface area contributed by atoms with Gasteiger partial charge in [-0.15, -0.1) is 11.3 Å². The Morgan fingerprint density at radius 3 is 2.62 bits per heavy atom. The maximum absolute atomic E-state index is 12.7. The maximum Gasteiger partial charge on any atom is 0.393 e. The van der Waals surface area contributed by atoms with Gasteiger partial charge in [0.15, 0.2) is 0 Å². The van der Waals surface area contributed by atoms with E-state index in [9.17, 15) is 26.4 Å². The Kier molecular flexibility index (Phi) is 4.31. The van der Waals surface area contributed by atoms with Crippen LogP contribution < -0.4 is 5.14 Å². The van der Waals surface area contributed by atoms with Crippen LogP contribution in [-0.2, 0) is 10.0 Å². The van der Waals surface area contributed by atoms with Gasteiger partial charge < -0.3 is 4.90 Å². The average molecular weight is 342 g/mol. The number of hydrogen-bond acceptors (Lipinski definition) is 4. The van der Waals surface area contributed by atoms with E-state index in [1.165, 1.54) is 5.38 Å². The van der Waals surface area contributed by atoms with Gasteiger partial charge in [-0.25, -0.2) is 13.6 Å². The number of thiophene rings is 1. The quantitative estimate of drug-likeness (QED) is 0.890. The second-order valence-corrected chi connectivity index (χ2v) is 7.53. The van der Waals surface area contributed by atoms with Crippen molar-refractivity contribution in [1.29, 1.82) is 0 Å². The molecule has 1 aromatic heterocycles. The second-order valence-electron chi connectivity index (χ2n) is 4.83. The molecule has 2 N–H and O–H groups in total. The molecule has 1 saturated heterocycles. The van der Waals surface area contributed by atoms with Crippen LogP contribution in [0, 0.1) is 5.92 Å². The van der Waals surface area contributed by atoms with E-state index in [4.69, 9.17) is 5.14 Å². The molecule has 2 heterocycles. The van der Waals surface area contributed by atoms with Crippen LogP contribution in [0.1, 0.15) is 23.2 Å². The minimum Gasteiger partial charge on any atom is -0.338 e. The van der Waals surface area contributed by atoms with Gasteiger partial charge in [-0.05, 0) is 18.9 Å². The van der Waals surface area contributed by atoms with E-state index in [0.29, 0.717) is 0 Å². The summed E-state index contributed by atoms with van der Waals surface area (Å²) < 4.78 is 60.2. The normalized spacial score (nSPS) is 20.6. The molecule has 1 atom stereocenters. The van der Waals surface area contributed by atoms with E-state index in [0.717, 1.165) is 22.3 Å². The Labute approximate surface area is 123 Å². The van der Waals surface area contributed by atoms with Gasteiger partial charge in [-0.3, -0.25) is 4.79 Å². The first-order valence-electron chi connectivity index (χ1n) is 6.06. The zero-order valence-corrected chi connectivity index (χ0v) is 12.4. The Morgan fingerprint density at radius 2 is 2.10 bits per heavy atom. The van der Waals surface area contributed by atoms with Gasteiger partial charge in [-0.2, -0.15) is 13.2 Å². The number of amides is 1. The molecule has 0 bridgehead atoms. The zero-order valence-electron chi connectivity index (χ0n) is 10.8. The third-order valence-corrected chi connectivity index (χ3v) is 5.66. The molecule has 2 rings (SSSR count). The van der Waals surface area contributed by atoms with Crippen LogP contribution in [0.3, 0.4) is 0 Å². The van der Waals surface area contributed by atoms with Crippen molar-refractivity contribution >= 4 is 27.3 Å². The van der Waals surface area contributed by atoms with Crippen molar-refractivity contribution in [2.24, 2.45) is 11.1 Å². The molecule has 0 saturated carbocycles. The molecule has 21 heavy (non-hydrogen) atoms. The summed E-state index contributed by atoms with van der Waals surface area (Å²) in [5.74, 6) is -2.14. The number of carbonyl (C=O) groups is 1. The smallest absolute Gasteiger partial charge is 0.338 e. The number of hydrogen-bond donors (Lipinski definition) is 1. The van der Waals surface area contributed by atoms with Crippen molar-refractivity contribution in [3.05, 3.63) is 17.0 Å². The molecule has 10 heteroatoms. The van der Waals surface area contributed by atoms with E-state index in [-0.39, 0.29) is 29.2 Å². The maximum atomic E-state index is 12.7. The Hall–Kier alpha value is -1.13. The fourth-order valence-electron chi connectivity index (χ4n) is 2.19. The molecule has 1 aliphatic heterocycles. The summed E-state index contributed by atoms with van der Waals surface area (Å²) in [5, 5.41) is 6.23. The topological polar surface area (TPSA) is 80.5 Å². The molecule has 5 nitrogen and oxygen atoms in total. The fourth-order valence-corrected chi connectivity index (χ4v) is 3.77. The molecule has 0 spiro atoms. The van der Waals surface area contributed by atoms with E-state index in [1.54, 1.807) is 0 Å². The lowest BCUT2D eigenvalue weighted by Gasteiger charge is -2.33. The summed E-state index contributed by atoms with van der Waals surface area (Å²) in [6, 6.07) is 1.10. The van der Waals surface area contributed by atoms with Crippen molar-refractivity contribution in [3.63, 3.8) is 0 Å². The van der Waals surface area contributed by atoms with E-state index in [1.807, 2.05) is 0 Å². The lowest BCUT2D eigenvalue weighted by Crippen LogP contribution is -2.44. The summed E-state index contributed by atoms with van der Waals surface area (Å²) in [6.07, 6.45) is -4.07. The van der Waals surface area contributed by atoms with Crippen molar-refractivity contribution in [2.75, 3.05) is 13.1 Å². The standard InChI is InChI=1S/C11H13F3N2O3S2/c12-11(13,14)8-2-1-3-16(5-8)10(17)7-4-9(20-6-7)21(15,18)19/h4,6,8H,1-3,5H2,(H2,15,18,19). The molecule has 118 valence electrons. The SMILES string of the molecule is NS(=O)(=O)c1cc(C(=O)N2CCCC(C(F)(F)F)C2)cs1. The number of primary sulfonamides is 1. The Balaban J connectivity index is 2.15. The third-order valence-electron chi connectivity index (χ3n) is 3.27. The summed E-state index contributed by atoms with van der Waals surface area (Å²) in [4.78, 5) is 13.2. The number of nitrogens with zero attached hydrogens (tertiary/aromatic N) is 1. The van der Waals surface area contributed by atoms with Gasteiger partial charge in [0, 0.05) is 18.5 Å². The minimum absolute atomic E-state index is 0.000649. The molecule has 1 fully saturated rings. The molecule has 0 aromatic carbocycles. The monoisotopic (exact) mass is 342 g/mol. The lowest BCUT2D eigenvalue weighted by atomic mass is 9.97. The Bertz CT molecular complexity index is 639. The van der Waals surface area contributed by atoms with E-state index >= 15 is 0 Å². The number of likely N-dealkylation sites (tertiary alicyclic amines) is 1. The highest BCUT2D eigenvalue weighted by molar-refractivity contribution is 7.91. The van der Waals surface area contributed by atoms with Crippen molar-refractivity contribution in [2.45, 2.75) is 23.2 Å². The van der Waals surface area contributed by atoms with Gasteiger partial charge in [0.2, 0.25) is 10.0 Å². The van der Waals surface area contributed by atoms with E-state index in [2.05, 4.69) is 0 Å². The van der Waals surface area contributed by atoms with Crippen LogP contribution in [-0.4, -0.2) is 38.5 Å². The fraction of sp³-hybridized carbons (Fsp3) is 0.545. The van der Waals surface area contributed by atoms with Crippen molar-refractivity contribution in [1.82, 2.24) is 4.90 Å². The lowest BCUT2D eigenvalue weighted by molar-refractivity contribution is -0.184. The number of piperidine rings is 1. The second kappa shape index (κ2) is 5.58. The summed E-state index contributed by atoms with van der Waals surface area (Å²) >= 11 is 0.772. The molecular weight excluding hydrogens is 329 g/mol. The number of carbonyl (C=O) groups excluding carboxylic acids is 1. The highest BCUT2D eigenvalue weighted by atomic mass is 32.2. The molecule has 1 aromatic rings. The number of nitrogens with two attached hydrogens (primary N) is 1. The third kappa shape index (κ3) is 3.74. The van der Waals surface area contributed by atoms with Crippen molar-refractivity contribution < 1.29 is 26.4 Å². The summed E-state index contributed by atoms with van der Waals surface area (Å²) in [6.45, 7) is -0.172. The van der Waals surface area contributed by atoms with E-state index < -0.39 is 34.6 Å². The highest BCUT2D eigenvalue weighted by Crippen LogP contribution is 2.33. The zero-order chi connectivity index (χ0) is 15.8. The molecule has 0 aliphatic carbocycles. The van der Waals surface area contributed by atoms with Crippen LogP contribution in [0.5, 0.6) is 0 Å². The molecular formula is C11H13F3N2O3S2. The van der Waals surface area contributed by atoms with Gasteiger partial charge in [0.25, 0.3) is 5.91 Å². The molecule has 1 unspecified atom stereocenters. The summed E-state index contributed by atoms with van der Waals surface area (Å²) in [7, 11) is -3.91. The van der Waals surface area contributed by atoms with Gasteiger partial charge in [0.1, 0.15) is 4.21 Å². The Morgan fingerprint density at radius 1 is 1.43 bits per heavy atom. The van der Waals surface area contributed by atoms with Crippen LogP contribution in [0.4, 0.5) is 13.2 Å². The van der Waals surface area contributed by atoms with Crippen LogP contribution in [0.15, 0.2) is 15.7 Å². The van der Waals surface area contributed by atoms with Crippen LogP contribution in [0.2, 0.25) is 0 Å². The molecule has 0 radical (unpaired) electrons. The number of alkyl halides is 3. The predicted octanol–water partition coefficient (Wildman–Crippen LogP) is 1.81. The average Bonchev–Trinajstić information content (AvgIpc) is 2.86. The van der Waals surface area contributed by atoms with Crippen LogP contribution >= 0.6 is 11.3 Å².